The van der Waals surface area contributed by atoms with E-state index < -0.39 is 0 Å². The number of nitrogens with one attached hydrogen (secondary N) is 1. The molecule has 0 saturated heterocycles. The minimum absolute atomic E-state index is 0.252. The molecule has 2 heterocycles. The van der Waals surface area contributed by atoms with Crippen LogP contribution in [0.3, 0.4) is 0 Å². The van der Waals surface area contributed by atoms with Crippen molar-refractivity contribution in [2.24, 2.45) is 0 Å². The van der Waals surface area contributed by atoms with E-state index in [9.17, 15) is 0 Å². The lowest BCUT2D eigenvalue weighted by Gasteiger charge is -2.24. The Balaban J connectivity index is 1.82. The van der Waals surface area contributed by atoms with Gasteiger partial charge in [0.05, 0.1) is 19.2 Å². The highest BCUT2D eigenvalue weighted by Crippen LogP contribution is 2.37. The number of fused-ring (bicyclic) bond motifs is 1. The summed E-state index contributed by atoms with van der Waals surface area (Å²) in [7, 11) is 3.20. The fourth-order valence-electron chi connectivity index (χ4n) is 2.99. The molecular formula is C18H15Cl2N5O2. The maximum Gasteiger partial charge on any atom is 0.248 e. The average Bonchev–Trinajstić information content (AvgIpc) is 3.15. The van der Waals surface area contributed by atoms with Crippen molar-refractivity contribution in [2.45, 2.75) is 6.04 Å². The van der Waals surface area contributed by atoms with Gasteiger partial charge in [-0.3, -0.25) is 0 Å². The highest BCUT2D eigenvalue weighted by molar-refractivity contribution is 6.35. The number of ether oxygens (including phenoxy) is 2. The van der Waals surface area contributed by atoms with E-state index in [0.717, 1.165) is 16.8 Å². The van der Waals surface area contributed by atoms with Crippen LogP contribution in [0, 0.1) is 0 Å². The standard InChI is InChI=1S/C18H15Cl2N5O2/c1-26-16-6-3-10(7-17(16)27-2)15-9-14(21-18-22-23-24-25(15)18)12-5-4-11(19)8-13(12)20/h3-9,15H,1-2H3,(H,21,22,24)/t15-/m1/s1. The van der Waals surface area contributed by atoms with Gasteiger partial charge in [-0.15, -0.1) is 0 Å². The number of methoxy groups -OCH3 is 2. The van der Waals surface area contributed by atoms with Crippen LogP contribution in [0.4, 0.5) is 5.95 Å². The largest absolute Gasteiger partial charge is 0.493 e. The number of aromatic nitrogens is 4. The third-order valence-corrected chi connectivity index (χ3v) is 4.85. The summed E-state index contributed by atoms with van der Waals surface area (Å²) in [5, 5.41) is 16.2. The van der Waals surface area contributed by atoms with Crippen LogP contribution in [-0.2, 0) is 0 Å². The number of nitrogens with zero attached hydrogens (tertiary/aromatic N) is 4. The lowest BCUT2D eigenvalue weighted by atomic mass is 10.0. The van der Waals surface area contributed by atoms with Gasteiger partial charge in [0, 0.05) is 16.3 Å². The Hall–Kier alpha value is -2.77. The molecule has 0 saturated carbocycles. The van der Waals surface area contributed by atoms with Crippen LogP contribution >= 0.6 is 23.2 Å². The van der Waals surface area contributed by atoms with Crippen molar-refractivity contribution >= 4 is 34.8 Å². The molecule has 0 radical (unpaired) electrons. The zero-order chi connectivity index (χ0) is 19.0. The van der Waals surface area contributed by atoms with E-state index in [4.69, 9.17) is 32.7 Å². The van der Waals surface area contributed by atoms with Crippen molar-refractivity contribution in [3.05, 3.63) is 63.6 Å². The molecule has 0 unspecified atom stereocenters. The van der Waals surface area contributed by atoms with Crippen molar-refractivity contribution in [1.82, 2.24) is 20.2 Å². The highest BCUT2D eigenvalue weighted by atomic mass is 35.5. The molecule has 1 aliphatic heterocycles. The van der Waals surface area contributed by atoms with Crippen molar-refractivity contribution in [3.63, 3.8) is 0 Å². The second-order valence-corrected chi connectivity index (χ2v) is 6.68. The van der Waals surface area contributed by atoms with E-state index in [1.165, 1.54) is 0 Å². The van der Waals surface area contributed by atoms with Gasteiger partial charge in [-0.1, -0.05) is 34.4 Å². The highest BCUT2D eigenvalue weighted by Gasteiger charge is 2.26. The molecule has 0 bridgehead atoms. The van der Waals surface area contributed by atoms with E-state index in [-0.39, 0.29) is 6.04 Å². The van der Waals surface area contributed by atoms with Crippen LogP contribution < -0.4 is 14.8 Å². The number of benzene rings is 2. The van der Waals surface area contributed by atoms with Gasteiger partial charge in [-0.05, 0) is 52.4 Å². The van der Waals surface area contributed by atoms with Crippen molar-refractivity contribution < 1.29 is 9.47 Å². The Morgan fingerprint density at radius 3 is 2.59 bits per heavy atom. The predicted octanol–water partition coefficient (Wildman–Crippen LogP) is 4.05. The van der Waals surface area contributed by atoms with E-state index in [2.05, 4.69) is 20.8 Å². The summed E-state index contributed by atoms with van der Waals surface area (Å²) in [5.74, 6) is 1.79. The number of tetrazole rings is 1. The molecule has 0 aliphatic carbocycles. The number of rotatable bonds is 4. The number of allylic oxidation sites excluding steroid dienone is 1. The van der Waals surface area contributed by atoms with E-state index in [1.54, 1.807) is 31.0 Å². The molecule has 1 N–H and O–H groups in total. The molecule has 4 rings (SSSR count). The molecule has 0 spiro atoms. The van der Waals surface area contributed by atoms with Gasteiger partial charge in [-0.25, -0.2) is 0 Å². The number of halogens is 2. The van der Waals surface area contributed by atoms with Crippen LogP contribution in [0.25, 0.3) is 5.70 Å². The molecule has 1 aliphatic rings. The molecule has 3 aromatic rings. The Labute approximate surface area is 165 Å². The first kappa shape index (κ1) is 17.6. The molecule has 2 aromatic carbocycles. The number of hydrogen-bond donors (Lipinski definition) is 1. The van der Waals surface area contributed by atoms with E-state index in [0.29, 0.717) is 27.5 Å². The Kier molecular flexibility index (Phi) is 4.63. The molecule has 1 aromatic heterocycles. The van der Waals surface area contributed by atoms with E-state index in [1.807, 2.05) is 30.3 Å². The van der Waals surface area contributed by atoms with Gasteiger partial charge in [-0.2, -0.15) is 4.68 Å². The SMILES string of the molecule is COc1ccc([C@H]2C=C(c3ccc(Cl)cc3Cl)Nc3nnnn32)cc1OC. The summed E-state index contributed by atoms with van der Waals surface area (Å²) < 4.78 is 12.4. The first-order valence-corrected chi connectivity index (χ1v) is 8.80. The fraction of sp³-hybridized carbons (Fsp3) is 0.167. The number of hydrogen-bond acceptors (Lipinski definition) is 6. The van der Waals surface area contributed by atoms with Gasteiger partial charge >= 0.3 is 0 Å². The van der Waals surface area contributed by atoms with Gasteiger partial charge in [0.15, 0.2) is 11.5 Å². The molecule has 9 heteroatoms. The van der Waals surface area contributed by atoms with Crippen molar-refractivity contribution in [3.8, 4) is 11.5 Å². The lowest BCUT2D eigenvalue weighted by Crippen LogP contribution is -2.20. The Bertz CT molecular complexity index is 1030. The zero-order valence-electron chi connectivity index (χ0n) is 14.5. The molecule has 7 nitrogen and oxygen atoms in total. The summed E-state index contributed by atoms with van der Waals surface area (Å²) in [6, 6.07) is 10.8. The van der Waals surface area contributed by atoms with Gasteiger partial charge < -0.3 is 14.8 Å². The molecule has 27 heavy (non-hydrogen) atoms. The molecule has 0 amide bonds. The van der Waals surface area contributed by atoms with Crippen molar-refractivity contribution in [2.75, 3.05) is 19.5 Å². The van der Waals surface area contributed by atoms with Crippen molar-refractivity contribution in [1.29, 1.82) is 0 Å². The number of anilines is 1. The van der Waals surface area contributed by atoms with Gasteiger partial charge in [0.1, 0.15) is 6.04 Å². The normalized spacial score (nSPS) is 15.6. The fourth-order valence-corrected chi connectivity index (χ4v) is 3.50. The van der Waals surface area contributed by atoms with E-state index >= 15 is 0 Å². The quantitative estimate of drug-likeness (QED) is 0.707. The molecule has 1 atom stereocenters. The van der Waals surface area contributed by atoms with Gasteiger partial charge in [0.2, 0.25) is 5.95 Å². The van der Waals surface area contributed by atoms with Crippen LogP contribution in [0.2, 0.25) is 10.0 Å². The minimum atomic E-state index is -0.252. The summed E-state index contributed by atoms with van der Waals surface area (Å²) in [6.45, 7) is 0. The molecular weight excluding hydrogens is 389 g/mol. The summed E-state index contributed by atoms with van der Waals surface area (Å²) >= 11 is 12.4. The van der Waals surface area contributed by atoms with Crippen LogP contribution in [-0.4, -0.2) is 34.4 Å². The Morgan fingerprint density at radius 2 is 1.85 bits per heavy atom. The second-order valence-electron chi connectivity index (χ2n) is 5.84. The Morgan fingerprint density at radius 1 is 1.04 bits per heavy atom. The molecule has 138 valence electrons. The monoisotopic (exact) mass is 403 g/mol. The van der Waals surface area contributed by atoms with Crippen LogP contribution in [0.5, 0.6) is 11.5 Å². The maximum absolute atomic E-state index is 6.38. The van der Waals surface area contributed by atoms with Crippen LogP contribution in [0.15, 0.2) is 42.5 Å². The summed E-state index contributed by atoms with van der Waals surface area (Å²) in [4.78, 5) is 0. The molecule has 0 fully saturated rings. The zero-order valence-corrected chi connectivity index (χ0v) is 16.0. The average molecular weight is 404 g/mol. The van der Waals surface area contributed by atoms with Crippen LogP contribution in [0.1, 0.15) is 17.2 Å². The first-order chi connectivity index (χ1) is 13.1. The first-order valence-electron chi connectivity index (χ1n) is 8.04. The second kappa shape index (κ2) is 7.09. The summed E-state index contributed by atoms with van der Waals surface area (Å²) in [6.07, 6.45) is 2.00. The summed E-state index contributed by atoms with van der Waals surface area (Å²) in [5.41, 5.74) is 2.53. The minimum Gasteiger partial charge on any atom is -0.493 e. The predicted molar refractivity (Wildman–Crippen MR) is 104 cm³/mol. The maximum atomic E-state index is 6.38. The smallest absolute Gasteiger partial charge is 0.248 e. The third-order valence-electron chi connectivity index (χ3n) is 4.30. The lowest BCUT2D eigenvalue weighted by molar-refractivity contribution is 0.354. The van der Waals surface area contributed by atoms with Gasteiger partial charge in [0.25, 0.3) is 0 Å². The topological polar surface area (TPSA) is 74.1 Å². The third kappa shape index (κ3) is 3.20.